The summed E-state index contributed by atoms with van der Waals surface area (Å²) in [6, 6.07) is 0. The second-order valence-corrected chi connectivity index (χ2v) is 3.05. The molecular formula is C8H10F3N5. The van der Waals surface area contributed by atoms with Crippen LogP contribution in [0.15, 0.2) is 24.3 Å². The molecule has 16 heavy (non-hydrogen) atoms. The fraction of sp³-hybridized carbons (Fsp3) is 0.250. The van der Waals surface area contributed by atoms with Crippen LogP contribution in [0.1, 0.15) is 5.56 Å². The van der Waals surface area contributed by atoms with Gasteiger partial charge in [-0.1, -0.05) is 0 Å². The fourth-order valence-corrected chi connectivity index (χ4v) is 0.800. The standard InChI is InChI=1S/C8H10F3N5/c1-5-2-14-7(15-3-5)16(13)4-6(12)8(9,10)11/h2-4H,12-13H2,1H3/b6-4-. The molecule has 1 aromatic rings. The Hall–Kier alpha value is -1.83. The van der Waals surface area contributed by atoms with E-state index in [2.05, 4.69) is 9.97 Å². The average molecular weight is 233 g/mol. The quantitative estimate of drug-likeness (QED) is 0.584. The van der Waals surface area contributed by atoms with Crippen LogP contribution >= 0.6 is 0 Å². The van der Waals surface area contributed by atoms with Crippen LogP contribution in [0.4, 0.5) is 19.1 Å². The smallest absolute Gasteiger partial charge is 0.393 e. The van der Waals surface area contributed by atoms with E-state index in [-0.39, 0.29) is 5.95 Å². The van der Waals surface area contributed by atoms with Crippen LogP contribution in [0.2, 0.25) is 0 Å². The molecule has 0 radical (unpaired) electrons. The molecule has 1 heterocycles. The lowest BCUT2D eigenvalue weighted by Crippen LogP contribution is -2.31. The van der Waals surface area contributed by atoms with Crippen LogP contribution in [0.3, 0.4) is 0 Å². The van der Waals surface area contributed by atoms with Crippen molar-refractivity contribution in [1.82, 2.24) is 9.97 Å². The van der Waals surface area contributed by atoms with Crippen molar-refractivity contribution in [3.05, 3.63) is 29.9 Å². The van der Waals surface area contributed by atoms with Gasteiger partial charge >= 0.3 is 6.18 Å². The van der Waals surface area contributed by atoms with Crippen LogP contribution in [0.5, 0.6) is 0 Å². The highest BCUT2D eigenvalue weighted by Crippen LogP contribution is 2.21. The highest BCUT2D eigenvalue weighted by molar-refractivity contribution is 5.33. The molecule has 8 heteroatoms. The van der Waals surface area contributed by atoms with Gasteiger partial charge in [-0.15, -0.1) is 0 Å². The van der Waals surface area contributed by atoms with Gasteiger partial charge in [-0.2, -0.15) is 13.2 Å². The van der Waals surface area contributed by atoms with E-state index < -0.39 is 11.9 Å². The van der Waals surface area contributed by atoms with Crippen molar-refractivity contribution >= 4 is 5.95 Å². The van der Waals surface area contributed by atoms with E-state index in [9.17, 15) is 13.2 Å². The van der Waals surface area contributed by atoms with Crippen molar-refractivity contribution in [2.24, 2.45) is 11.6 Å². The Kier molecular flexibility index (Phi) is 3.33. The van der Waals surface area contributed by atoms with Crippen LogP contribution < -0.4 is 16.6 Å². The van der Waals surface area contributed by atoms with E-state index >= 15 is 0 Å². The molecule has 1 aromatic heterocycles. The molecular weight excluding hydrogens is 223 g/mol. The number of nitrogens with zero attached hydrogens (tertiary/aromatic N) is 3. The summed E-state index contributed by atoms with van der Waals surface area (Å²) in [6.07, 6.45) is -1.24. The first-order valence-corrected chi connectivity index (χ1v) is 4.18. The zero-order valence-corrected chi connectivity index (χ0v) is 8.36. The number of nitrogens with two attached hydrogens (primary N) is 2. The Bertz CT molecular complexity index is 384. The van der Waals surface area contributed by atoms with Gasteiger partial charge < -0.3 is 5.73 Å². The number of hydrogen-bond donors (Lipinski definition) is 2. The first-order chi connectivity index (χ1) is 7.30. The number of aromatic nitrogens is 2. The molecule has 0 aliphatic heterocycles. The normalized spacial score (nSPS) is 12.7. The maximum Gasteiger partial charge on any atom is 0.432 e. The minimum atomic E-state index is -4.62. The topological polar surface area (TPSA) is 81.1 Å². The lowest BCUT2D eigenvalue weighted by atomic mass is 10.4. The Labute approximate surface area is 89.5 Å². The van der Waals surface area contributed by atoms with Gasteiger partial charge in [-0.25, -0.2) is 15.8 Å². The number of alkyl halides is 3. The number of hydrogen-bond acceptors (Lipinski definition) is 5. The number of anilines is 1. The number of rotatable bonds is 2. The van der Waals surface area contributed by atoms with Crippen LogP contribution in [0.25, 0.3) is 0 Å². The summed E-state index contributed by atoms with van der Waals surface area (Å²) in [6.45, 7) is 1.74. The molecule has 4 N–H and O–H groups in total. The monoisotopic (exact) mass is 233 g/mol. The Morgan fingerprint density at radius 3 is 2.31 bits per heavy atom. The highest BCUT2D eigenvalue weighted by atomic mass is 19.4. The zero-order chi connectivity index (χ0) is 12.3. The van der Waals surface area contributed by atoms with Crippen molar-refractivity contribution in [3.63, 3.8) is 0 Å². The van der Waals surface area contributed by atoms with Crippen LogP contribution in [0, 0.1) is 6.92 Å². The molecule has 0 amide bonds. The molecule has 0 unspecified atom stereocenters. The summed E-state index contributed by atoms with van der Waals surface area (Å²) in [7, 11) is 0. The summed E-state index contributed by atoms with van der Waals surface area (Å²) in [4.78, 5) is 7.47. The number of halogens is 3. The summed E-state index contributed by atoms with van der Waals surface area (Å²) in [5, 5.41) is 0.613. The number of hydrazine groups is 1. The Morgan fingerprint density at radius 2 is 1.88 bits per heavy atom. The second kappa shape index (κ2) is 4.35. The SMILES string of the molecule is Cc1cnc(N(N)/C=C(\N)C(F)(F)F)nc1. The lowest BCUT2D eigenvalue weighted by molar-refractivity contribution is -0.0928. The van der Waals surface area contributed by atoms with Crippen LogP contribution in [-0.4, -0.2) is 16.1 Å². The van der Waals surface area contributed by atoms with Crippen molar-refractivity contribution in [3.8, 4) is 0 Å². The Balaban J connectivity index is 2.87. The predicted molar refractivity (Wildman–Crippen MR) is 51.8 cm³/mol. The maximum absolute atomic E-state index is 12.1. The molecule has 0 aromatic carbocycles. The third-order valence-corrected chi connectivity index (χ3v) is 1.60. The minimum Gasteiger partial charge on any atom is -0.393 e. The summed E-state index contributed by atoms with van der Waals surface area (Å²) < 4.78 is 36.2. The third-order valence-electron chi connectivity index (χ3n) is 1.60. The van der Waals surface area contributed by atoms with Crippen molar-refractivity contribution in [2.45, 2.75) is 13.1 Å². The molecule has 0 bridgehead atoms. The lowest BCUT2D eigenvalue weighted by Gasteiger charge is -2.13. The van der Waals surface area contributed by atoms with Crippen molar-refractivity contribution in [2.75, 3.05) is 5.01 Å². The highest BCUT2D eigenvalue weighted by Gasteiger charge is 2.32. The molecule has 1 rings (SSSR count). The predicted octanol–water partition coefficient (Wildman–Crippen LogP) is 0.828. The Morgan fingerprint density at radius 1 is 1.38 bits per heavy atom. The van der Waals surface area contributed by atoms with E-state index in [0.29, 0.717) is 11.2 Å². The van der Waals surface area contributed by atoms with E-state index in [0.717, 1.165) is 5.56 Å². The molecule has 0 atom stereocenters. The average Bonchev–Trinajstić information content (AvgIpc) is 2.17. The molecule has 0 aliphatic carbocycles. The first-order valence-electron chi connectivity index (χ1n) is 4.18. The van der Waals surface area contributed by atoms with E-state index in [1.807, 2.05) is 0 Å². The molecule has 5 nitrogen and oxygen atoms in total. The van der Waals surface area contributed by atoms with Crippen LogP contribution in [-0.2, 0) is 0 Å². The van der Waals surface area contributed by atoms with Gasteiger partial charge in [0.2, 0.25) is 5.95 Å². The van der Waals surface area contributed by atoms with Crippen molar-refractivity contribution in [1.29, 1.82) is 0 Å². The summed E-state index contributed by atoms with van der Waals surface area (Å²) >= 11 is 0. The van der Waals surface area contributed by atoms with E-state index in [1.54, 1.807) is 6.92 Å². The molecule has 0 aliphatic rings. The molecule has 88 valence electrons. The maximum atomic E-state index is 12.1. The number of allylic oxidation sites excluding steroid dienone is 1. The fourth-order valence-electron chi connectivity index (χ4n) is 0.800. The zero-order valence-electron chi connectivity index (χ0n) is 8.36. The van der Waals surface area contributed by atoms with E-state index in [4.69, 9.17) is 11.6 Å². The first kappa shape index (κ1) is 12.2. The summed E-state index contributed by atoms with van der Waals surface area (Å²) in [5.41, 5.74) is 4.23. The minimum absolute atomic E-state index is 0.0715. The molecule has 0 fully saturated rings. The van der Waals surface area contributed by atoms with Gasteiger partial charge in [-0.3, -0.25) is 5.01 Å². The molecule has 0 saturated heterocycles. The second-order valence-electron chi connectivity index (χ2n) is 3.05. The van der Waals surface area contributed by atoms with Gasteiger partial charge in [0.15, 0.2) is 0 Å². The largest absolute Gasteiger partial charge is 0.432 e. The summed E-state index contributed by atoms with van der Waals surface area (Å²) in [5.74, 6) is 5.22. The van der Waals surface area contributed by atoms with Gasteiger partial charge in [0.05, 0.1) is 6.20 Å². The van der Waals surface area contributed by atoms with Gasteiger partial charge in [0.25, 0.3) is 0 Å². The molecule has 0 spiro atoms. The van der Waals surface area contributed by atoms with Gasteiger partial charge in [0, 0.05) is 12.4 Å². The number of aryl methyl sites for hydroxylation is 1. The van der Waals surface area contributed by atoms with Gasteiger partial charge in [0.1, 0.15) is 5.70 Å². The van der Waals surface area contributed by atoms with Crippen molar-refractivity contribution < 1.29 is 13.2 Å². The molecule has 0 saturated carbocycles. The third kappa shape index (κ3) is 3.09. The van der Waals surface area contributed by atoms with E-state index in [1.165, 1.54) is 12.4 Å². The van der Waals surface area contributed by atoms with Gasteiger partial charge in [-0.05, 0) is 12.5 Å².